The molecule has 0 radical (unpaired) electrons. The lowest BCUT2D eigenvalue weighted by molar-refractivity contribution is 0.426. The summed E-state index contributed by atoms with van der Waals surface area (Å²) in [7, 11) is 7.90. The van der Waals surface area contributed by atoms with E-state index in [-0.39, 0.29) is 0 Å². The van der Waals surface area contributed by atoms with Crippen LogP contribution in [0.3, 0.4) is 0 Å². The maximum absolute atomic E-state index is 5.16. The van der Waals surface area contributed by atoms with E-state index in [9.17, 15) is 0 Å². The lowest BCUT2D eigenvalue weighted by atomic mass is 10.6. The first-order chi connectivity index (χ1) is 8.45. The number of thioether (sulfide) groups is 1. The van der Waals surface area contributed by atoms with Gasteiger partial charge in [-0.3, -0.25) is 0 Å². The summed E-state index contributed by atoms with van der Waals surface area (Å²) in [6, 6.07) is 0. The second-order valence-electron chi connectivity index (χ2n) is 3.74. The predicted octanol–water partition coefficient (Wildman–Crippen LogP) is 3.28. The summed E-state index contributed by atoms with van der Waals surface area (Å²) in [4.78, 5) is 0. The van der Waals surface area contributed by atoms with Crippen LogP contribution in [0.5, 0.6) is 0 Å². The zero-order valence-electron chi connectivity index (χ0n) is 9.67. The van der Waals surface area contributed by atoms with Gasteiger partial charge in [0.15, 0.2) is 0 Å². The van der Waals surface area contributed by atoms with Crippen molar-refractivity contribution in [1.29, 1.82) is 0 Å². The Balaban J connectivity index is 1.20. The molecule has 2 atom stereocenters. The van der Waals surface area contributed by atoms with Gasteiger partial charge in [-0.1, -0.05) is 43.2 Å². The molecule has 0 saturated carbocycles. The van der Waals surface area contributed by atoms with Crippen molar-refractivity contribution in [1.82, 2.24) is 0 Å². The predicted molar refractivity (Wildman–Crippen MR) is 86.6 cm³/mol. The molecular formula is C10H18O2S5. The van der Waals surface area contributed by atoms with Gasteiger partial charge in [0.25, 0.3) is 0 Å². The van der Waals surface area contributed by atoms with Gasteiger partial charge in [-0.25, -0.2) is 0 Å². The molecule has 2 unspecified atom stereocenters. The average molecular weight is 331 g/mol. The Labute approximate surface area is 124 Å². The first kappa shape index (κ1) is 15.1. The van der Waals surface area contributed by atoms with Crippen LogP contribution in [0.25, 0.3) is 0 Å². The Bertz CT molecular complexity index is 179. The Morgan fingerprint density at radius 1 is 0.706 bits per heavy atom. The Kier molecular flexibility index (Phi) is 8.47. The van der Waals surface area contributed by atoms with E-state index in [1.54, 1.807) is 0 Å². The Morgan fingerprint density at radius 2 is 1.18 bits per heavy atom. The Hall–Kier alpha value is 1.67. The largest absolute Gasteiger partial charge is 0.372 e. The van der Waals surface area contributed by atoms with Gasteiger partial charge in [0.1, 0.15) is 0 Å². The SMILES string of the molecule is C(CSSCC1CO1)SCCSSCC1CO1. The van der Waals surface area contributed by atoms with Gasteiger partial charge in [0.2, 0.25) is 0 Å². The standard InChI is InChI=1S/C10H18O2S5/c1(3-14-16-7-9-5-11-9)13-2-4-15-17-8-10-6-12-10/h9-10H,1-8H2. The molecule has 0 N–H and O–H groups in total. The third-order valence-corrected chi connectivity index (χ3v) is 8.51. The van der Waals surface area contributed by atoms with E-state index in [1.807, 2.05) is 43.2 Å². The molecule has 2 nitrogen and oxygen atoms in total. The van der Waals surface area contributed by atoms with Crippen molar-refractivity contribution >= 4 is 54.9 Å². The molecule has 2 aliphatic heterocycles. The highest BCUT2D eigenvalue weighted by Gasteiger charge is 2.22. The van der Waals surface area contributed by atoms with Crippen LogP contribution >= 0.6 is 54.9 Å². The van der Waals surface area contributed by atoms with Crippen molar-refractivity contribution in [2.75, 3.05) is 47.7 Å². The van der Waals surface area contributed by atoms with Crippen LogP contribution in [-0.2, 0) is 9.47 Å². The van der Waals surface area contributed by atoms with E-state index >= 15 is 0 Å². The molecule has 2 fully saturated rings. The van der Waals surface area contributed by atoms with Crippen molar-refractivity contribution in [3.8, 4) is 0 Å². The van der Waals surface area contributed by atoms with E-state index < -0.39 is 0 Å². The lowest BCUT2D eigenvalue weighted by Gasteiger charge is -2.01. The second-order valence-corrected chi connectivity index (χ2v) is 10.2. The van der Waals surface area contributed by atoms with Crippen molar-refractivity contribution < 1.29 is 9.47 Å². The maximum atomic E-state index is 5.16. The summed E-state index contributed by atoms with van der Waals surface area (Å²) in [6.45, 7) is 1.98. The van der Waals surface area contributed by atoms with Crippen molar-refractivity contribution in [3.05, 3.63) is 0 Å². The fraction of sp³-hybridized carbons (Fsp3) is 1.00. The van der Waals surface area contributed by atoms with Crippen LogP contribution in [0.2, 0.25) is 0 Å². The fourth-order valence-corrected chi connectivity index (χ4v) is 7.21. The maximum Gasteiger partial charge on any atom is 0.0908 e. The van der Waals surface area contributed by atoms with Crippen LogP contribution in [0.15, 0.2) is 0 Å². The van der Waals surface area contributed by atoms with E-state index in [0.29, 0.717) is 12.2 Å². The summed E-state index contributed by atoms with van der Waals surface area (Å²) in [5, 5.41) is 0. The highest BCUT2D eigenvalue weighted by molar-refractivity contribution is 8.77. The van der Waals surface area contributed by atoms with Gasteiger partial charge in [0, 0.05) is 34.5 Å². The van der Waals surface area contributed by atoms with Gasteiger partial charge in [-0.05, 0) is 0 Å². The molecule has 0 aliphatic carbocycles. The van der Waals surface area contributed by atoms with Crippen LogP contribution in [0.4, 0.5) is 0 Å². The third kappa shape index (κ3) is 9.24. The summed E-state index contributed by atoms with van der Waals surface area (Å²) >= 11 is 2.07. The highest BCUT2D eigenvalue weighted by atomic mass is 33.1. The van der Waals surface area contributed by atoms with Crippen molar-refractivity contribution in [2.24, 2.45) is 0 Å². The molecule has 0 aromatic rings. The van der Waals surface area contributed by atoms with Crippen molar-refractivity contribution in [3.63, 3.8) is 0 Å². The summed E-state index contributed by atoms with van der Waals surface area (Å²) in [5.74, 6) is 7.42. The van der Waals surface area contributed by atoms with Gasteiger partial charge < -0.3 is 9.47 Å². The Morgan fingerprint density at radius 3 is 1.59 bits per heavy atom. The molecule has 2 saturated heterocycles. The summed E-state index contributed by atoms with van der Waals surface area (Å²) in [5.41, 5.74) is 0. The van der Waals surface area contributed by atoms with Gasteiger partial charge >= 0.3 is 0 Å². The molecule has 0 amide bonds. The second kappa shape index (κ2) is 9.55. The molecular weight excluding hydrogens is 312 g/mol. The minimum absolute atomic E-state index is 0.573. The zero-order valence-corrected chi connectivity index (χ0v) is 13.8. The van der Waals surface area contributed by atoms with E-state index in [2.05, 4.69) is 11.8 Å². The van der Waals surface area contributed by atoms with E-state index in [0.717, 1.165) is 13.2 Å². The number of ether oxygens (including phenoxy) is 2. The van der Waals surface area contributed by atoms with Gasteiger partial charge in [-0.15, -0.1) is 0 Å². The highest BCUT2D eigenvalue weighted by Crippen LogP contribution is 2.29. The minimum Gasteiger partial charge on any atom is -0.372 e. The molecule has 0 spiro atoms. The molecule has 2 rings (SSSR count). The molecule has 0 aromatic carbocycles. The first-order valence-corrected chi connectivity index (χ1v) is 11.9. The van der Waals surface area contributed by atoms with E-state index in [1.165, 1.54) is 34.5 Å². The number of hydrogen-bond acceptors (Lipinski definition) is 7. The molecule has 2 heterocycles. The average Bonchev–Trinajstić information content (AvgIpc) is 3.19. The number of hydrogen-bond donors (Lipinski definition) is 0. The molecule has 100 valence electrons. The summed E-state index contributed by atoms with van der Waals surface area (Å²) < 4.78 is 10.3. The van der Waals surface area contributed by atoms with Crippen LogP contribution in [-0.4, -0.2) is 59.9 Å². The number of rotatable bonds is 12. The lowest BCUT2D eigenvalue weighted by Crippen LogP contribution is -1.90. The number of epoxide rings is 2. The summed E-state index contributed by atoms with van der Waals surface area (Å²) in [6.07, 6.45) is 1.15. The molecule has 17 heavy (non-hydrogen) atoms. The fourth-order valence-electron chi connectivity index (χ4n) is 0.982. The quantitative estimate of drug-likeness (QED) is 0.308. The third-order valence-electron chi connectivity index (χ3n) is 2.10. The smallest absolute Gasteiger partial charge is 0.0908 e. The van der Waals surface area contributed by atoms with Gasteiger partial charge in [0.05, 0.1) is 25.4 Å². The molecule has 0 aromatic heterocycles. The van der Waals surface area contributed by atoms with Crippen molar-refractivity contribution in [2.45, 2.75) is 12.2 Å². The topological polar surface area (TPSA) is 25.1 Å². The van der Waals surface area contributed by atoms with E-state index in [4.69, 9.17) is 9.47 Å². The van der Waals surface area contributed by atoms with Gasteiger partial charge in [-0.2, -0.15) is 11.8 Å². The van der Waals surface area contributed by atoms with Crippen LogP contribution in [0.1, 0.15) is 0 Å². The molecule has 0 bridgehead atoms. The normalized spacial score (nSPS) is 26.1. The molecule has 2 aliphatic rings. The van der Waals surface area contributed by atoms with Crippen LogP contribution < -0.4 is 0 Å². The monoisotopic (exact) mass is 330 g/mol. The molecule has 7 heteroatoms. The van der Waals surface area contributed by atoms with Crippen LogP contribution in [0, 0.1) is 0 Å². The minimum atomic E-state index is 0.573. The first-order valence-electron chi connectivity index (χ1n) is 5.75. The zero-order chi connectivity index (χ0) is 11.8.